The molecule has 6 heteroatoms. The monoisotopic (exact) mass is 288 g/mol. The van der Waals surface area contributed by atoms with E-state index in [4.69, 9.17) is 4.74 Å². The zero-order chi connectivity index (χ0) is 13.9. The number of hydrogen-bond acceptors (Lipinski definition) is 5. The molecule has 1 N–H and O–H groups in total. The third-order valence-corrected chi connectivity index (χ3v) is 3.82. The largest absolute Gasteiger partial charge is 0.480 e. The summed E-state index contributed by atoms with van der Waals surface area (Å²) in [6.07, 6.45) is 2.01. The number of aryl methyl sites for hydroxylation is 1. The normalized spacial score (nSPS) is 11.1. The van der Waals surface area contributed by atoms with Crippen molar-refractivity contribution in [3.05, 3.63) is 46.9 Å². The molecule has 3 rings (SSSR count). The van der Waals surface area contributed by atoms with Gasteiger partial charge in [-0.1, -0.05) is 6.07 Å². The molecule has 104 valence electrons. The Kier molecular flexibility index (Phi) is 3.66. The number of methoxy groups -OCH3 is 1. The number of ether oxygens (including phenoxy) is 1. The molecule has 0 spiro atoms. The van der Waals surface area contributed by atoms with Crippen LogP contribution in [-0.4, -0.2) is 21.5 Å². The number of imidazole rings is 1. The van der Waals surface area contributed by atoms with E-state index in [9.17, 15) is 0 Å². The van der Waals surface area contributed by atoms with Crippen LogP contribution in [0.1, 0.15) is 17.1 Å². The van der Waals surface area contributed by atoms with E-state index in [2.05, 4.69) is 19.7 Å². The van der Waals surface area contributed by atoms with Gasteiger partial charge in [0.15, 0.2) is 4.96 Å². The molecule has 0 radical (unpaired) electrons. The van der Waals surface area contributed by atoms with Crippen LogP contribution in [0.4, 0.5) is 0 Å². The molecule has 0 aliphatic heterocycles. The van der Waals surface area contributed by atoms with Gasteiger partial charge < -0.3 is 10.1 Å². The number of rotatable bonds is 5. The zero-order valence-corrected chi connectivity index (χ0v) is 12.3. The van der Waals surface area contributed by atoms with Crippen molar-refractivity contribution in [2.24, 2.45) is 0 Å². The van der Waals surface area contributed by atoms with Crippen molar-refractivity contribution in [1.82, 2.24) is 19.7 Å². The predicted molar refractivity (Wildman–Crippen MR) is 79.1 cm³/mol. The van der Waals surface area contributed by atoms with Gasteiger partial charge in [0.2, 0.25) is 5.88 Å². The summed E-state index contributed by atoms with van der Waals surface area (Å²) in [4.78, 5) is 9.86. The fraction of sp³-hybridized carbons (Fsp3) is 0.286. The lowest BCUT2D eigenvalue weighted by Gasteiger charge is -2.06. The third kappa shape index (κ3) is 2.52. The summed E-state index contributed by atoms with van der Waals surface area (Å²) in [6, 6.07) is 6.04. The topological polar surface area (TPSA) is 51.5 Å². The average Bonchev–Trinajstić information content (AvgIpc) is 3.00. The van der Waals surface area contributed by atoms with Crippen molar-refractivity contribution in [2.45, 2.75) is 20.0 Å². The van der Waals surface area contributed by atoms with E-state index in [-0.39, 0.29) is 0 Å². The van der Waals surface area contributed by atoms with Crippen molar-refractivity contribution < 1.29 is 4.74 Å². The molecule has 5 nitrogen and oxygen atoms in total. The maximum atomic E-state index is 5.33. The number of aromatic nitrogens is 3. The Morgan fingerprint density at radius 2 is 2.20 bits per heavy atom. The molecule has 0 aliphatic rings. The molecule has 0 aliphatic carbocycles. The van der Waals surface area contributed by atoms with Crippen LogP contribution >= 0.6 is 11.3 Å². The summed E-state index contributed by atoms with van der Waals surface area (Å²) in [5, 5.41) is 5.41. The summed E-state index contributed by atoms with van der Waals surface area (Å²) in [5.74, 6) is 0.682. The zero-order valence-electron chi connectivity index (χ0n) is 11.5. The second-order valence-corrected chi connectivity index (χ2v) is 5.37. The first-order chi connectivity index (χ1) is 9.78. The van der Waals surface area contributed by atoms with E-state index in [1.165, 1.54) is 0 Å². The molecule has 20 heavy (non-hydrogen) atoms. The van der Waals surface area contributed by atoms with Crippen LogP contribution in [0.3, 0.4) is 0 Å². The van der Waals surface area contributed by atoms with E-state index in [1.54, 1.807) is 18.4 Å². The maximum Gasteiger partial charge on any atom is 0.237 e. The van der Waals surface area contributed by atoms with Crippen LogP contribution in [0, 0.1) is 6.92 Å². The number of nitrogens with zero attached hydrogens (tertiary/aromatic N) is 3. The summed E-state index contributed by atoms with van der Waals surface area (Å²) in [5.41, 5.74) is 3.11. The third-order valence-electron chi connectivity index (χ3n) is 3.06. The highest BCUT2D eigenvalue weighted by atomic mass is 32.1. The highest BCUT2D eigenvalue weighted by Gasteiger charge is 2.12. The van der Waals surface area contributed by atoms with Gasteiger partial charge in [-0.3, -0.25) is 9.38 Å². The number of pyridine rings is 1. The second-order valence-electron chi connectivity index (χ2n) is 4.50. The Morgan fingerprint density at radius 1 is 1.30 bits per heavy atom. The van der Waals surface area contributed by atoms with Gasteiger partial charge >= 0.3 is 0 Å². The molecule has 0 saturated carbocycles. The van der Waals surface area contributed by atoms with Crippen LogP contribution in [0.2, 0.25) is 0 Å². The van der Waals surface area contributed by atoms with Crippen LogP contribution in [0.15, 0.2) is 29.8 Å². The Labute approximate surface area is 121 Å². The molecule has 0 aromatic carbocycles. The fourth-order valence-electron chi connectivity index (χ4n) is 2.14. The lowest BCUT2D eigenvalue weighted by atomic mass is 10.3. The number of fused-ring (bicyclic) bond motifs is 1. The Hall–Kier alpha value is -1.92. The highest BCUT2D eigenvalue weighted by Crippen LogP contribution is 2.22. The Balaban J connectivity index is 1.72. The van der Waals surface area contributed by atoms with Crippen LogP contribution < -0.4 is 10.1 Å². The minimum absolute atomic E-state index is 0.682. The molecule has 0 fully saturated rings. The smallest absolute Gasteiger partial charge is 0.237 e. The maximum absolute atomic E-state index is 5.33. The van der Waals surface area contributed by atoms with E-state index < -0.39 is 0 Å². The second kappa shape index (κ2) is 5.60. The average molecular weight is 288 g/mol. The summed E-state index contributed by atoms with van der Waals surface area (Å²) >= 11 is 1.60. The van der Waals surface area contributed by atoms with Crippen molar-refractivity contribution in [2.75, 3.05) is 7.11 Å². The summed E-state index contributed by atoms with van der Waals surface area (Å²) < 4.78 is 7.39. The molecule has 3 aromatic rings. The fourth-order valence-corrected chi connectivity index (χ4v) is 2.87. The van der Waals surface area contributed by atoms with Gasteiger partial charge in [-0.2, -0.15) is 4.98 Å². The lowest BCUT2D eigenvalue weighted by Crippen LogP contribution is -2.15. The molecule has 0 amide bonds. The van der Waals surface area contributed by atoms with Crippen molar-refractivity contribution in [3.8, 4) is 5.88 Å². The van der Waals surface area contributed by atoms with E-state index in [0.717, 1.165) is 28.6 Å². The number of hydrogen-bond donors (Lipinski definition) is 1. The minimum Gasteiger partial charge on any atom is -0.480 e. The molecule has 0 saturated heterocycles. The summed E-state index contributed by atoms with van der Waals surface area (Å²) in [7, 11) is 1.65. The van der Waals surface area contributed by atoms with E-state index >= 15 is 0 Å². The molecule has 0 bridgehead atoms. The van der Waals surface area contributed by atoms with Gasteiger partial charge in [-0.15, -0.1) is 11.3 Å². The van der Waals surface area contributed by atoms with Gasteiger partial charge in [0, 0.05) is 30.4 Å². The lowest BCUT2D eigenvalue weighted by molar-refractivity contribution is 0.392. The summed E-state index contributed by atoms with van der Waals surface area (Å²) in [6.45, 7) is 3.41. The minimum atomic E-state index is 0.682. The first kappa shape index (κ1) is 13.1. The van der Waals surface area contributed by atoms with Crippen LogP contribution in [0.5, 0.6) is 5.88 Å². The van der Waals surface area contributed by atoms with Gasteiger partial charge in [0.25, 0.3) is 0 Å². The predicted octanol–water partition coefficient (Wildman–Crippen LogP) is 2.40. The van der Waals surface area contributed by atoms with Gasteiger partial charge in [-0.25, -0.2) is 0 Å². The van der Waals surface area contributed by atoms with Gasteiger partial charge in [-0.05, 0) is 19.1 Å². The molecule has 3 aromatic heterocycles. The van der Waals surface area contributed by atoms with Crippen LogP contribution in [-0.2, 0) is 13.1 Å². The number of thiazole rings is 1. The molecular weight excluding hydrogens is 272 g/mol. The van der Waals surface area contributed by atoms with Gasteiger partial charge in [0.05, 0.1) is 12.8 Å². The van der Waals surface area contributed by atoms with Gasteiger partial charge in [0.1, 0.15) is 5.69 Å². The Bertz CT molecular complexity index is 719. The standard InChI is InChI=1S/C14H16N4OS/c1-10-4-3-5-11(16-10)8-15-9-12-13(19-2)17-14-18(12)6-7-20-14/h3-7,15H,8-9H2,1-2H3. The quantitative estimate of drug-likeness (QED) is 0.783. The Morgan fingerprint density at radius 3 is 3.00 bits per heavy atom. The SMILES string of the molecule is COc1nc2sccn2c1CNCc1cccc(C)n1. The van der Waals surface area contributed by atoms with E-state index in [1.807, 2.05) is 36.7 Å². The molecule has 0 unspecified atom stereocenters. The van der Waals surface area contributed by atoms with Crippen molar-refractivity contribution in [1.29, 1.82) is 0 Å². The van der Waals surface area contributed by atoms with E-state index in [0.29, 0.717) is 12.4 Å². The number of nitrogens with one attached hydrogen (secondary N) is 1. The highest BCUT2D eigenvalue weighted by molar-refractivity contribution is 7.15. The van der Waals surface area contributed by atoms with Crippen molar-refractivity contribution in [3.63, 3.8) is 0 Å². The molecule has 0 atom stereocenters. The first-order valence-electron chi connectivity index (χ1n) is 6.39. The van der Waals surface area contributed by atoms with Crippen molar-refractivity contribution >= 4 is 16.3 Å². The first-order valence-corrected chi connectivity index (χ1v) is 7.27. The molecular formula is C14H16N4OS. The molecule has 3 heterocycles. The van der Waals surface area contributed by atoms with Crippen LogP contribution in [0.25, 0.3) is 4.96 Å².